The first-order valence-electron chi connectivity index (χ1n) is 5.58. The Morgan fingerprint density at radius 2 is 2.17 bits per heavy atom. The molecule has 18 heavy (non-hydrogen) atoms. The van der Waals surface area contributed by atoms with Crippen LogP contribution in [0.2, 0.25) is 5.28 Å². The predicted octanol–water partition coefficient (Wildman–Crippen LogP) is 2.20. The number of rotatable bonds is 5. The molecule has 1 aromatic rings. The first kappa shape index (κ1) is 15.2. The van der Waals surface area contributed by atoms with Gasteiger partial charge in [0.1, 0.15) is 5.82 Å². The van der Waals surface area contributed by atoms with Crippen molar-refractivity contribution in [1.82, 2.24) is 14.9 Å². The van der Waals surface area contributed by atoms with E-state index in [1.54, 1.807) is 25.2 Å². The number of halogens is 2. The molecule has 0 aromatic carbocycles. The van der Waals surface area contributed by atoms with Gasteiger partial charge in [-0.05, 0) is 34.0 Å². The van der Waals surface area contributed by atoms with Gasteiger partial charge in [0.25, 0.3) is 0 Å². The van der Waals surface area contributed by atoms with E-state index >= 15 is 0 Å². The molecule has 100 valence electrons. The van der Waals surface area contributed by atoms with Crippen LogP contribution in [0, 0.1) is 0 Å². The molecule has 1 heterocycles. The summed E-state index contributed by atoms with van der Waals surface area (Å²) in [5.74, 6) is 0.664. The molecule has 1 rings (SSSR count). The number of hydrogen-bond donors (Lipinski definition) is 0. The summed E-state index contributed by atoms with van der Waals surface area (Å²) < 4.78 is 0.729. The molecule has 7 heteroatoms. The van der Waals surface area contributed by atoms with Gasteiger partial charge in [-0.25, -0.2) is 4.98 Å². The Morgan fingerprint density at radius 1 is 1.50 bits per heavy atom. The minimum atomic E-state index is 0.0186. The Morgan fingerprint density at radius 3 is 2.72 bits per heavy atom. The van der Waals surface area contributed by atoms with Crippen LogP contribution in [0.15, 0.2) is 10.7 Å². The number of amides is 1. The van der Waals surface area contributed by atoms with Crippen LogP contribution in [-0.2, 0) is 4.79 Å². The smallest absolute Gasteiger partial charge is 0.241 e. The zero-order valence-corrected chi connectivity index (χ0v) is 13.0. The van der Waals surface area contributed by atoms with Crippen LogP contribution < -0.4 is 4.90 Å². The maximum atomic E-state index is 11.8. The van der Waals surface area contributed by atoms with Crippen molar-refractivity contribution < 1.29 is 4.79 Å². The summed E-state index contributed by atoms with van der Waals surface area (Å²) in [4.78, 5) is 23.3. The lowest BCUT2D eigenvalue weighted by atomic mass is 10.3. The third-order valence-corrected chi connectivity index (χ3v) is 3.06. The quantitative estimate of drug-likeness (QED) is 0.774. The summed E-state index contributed by atoms with van der Waals surface area (Å²) in [5.41, 5.74) is 0. The van der Waals surface area contributed by atoms with Gasteiger partial charge in [0, 0.05) is 26.8 Å². The topological polar surface area (TPSA) is 49.3 Å². The molecule has 0 aliphatic heterocycles. The third kappa shape index (κ3) is 4.10. The monoisotopic (exact) mass is 334 g/mol. The zero-order valence-electron chi connectivity index (χ0n) is 10.7. The molecule has 0 saturated carbocycles. The highest BCUT2D eigenvalue weighted by Gasteiger charge is 2.16. The number of likely N-dealkylation sites (N-methyl/N-ethyl adjacent to an activating group) is 1. The Balaban J connectivity index is 2.96. The van der Waals surface area contributed by atoms with Gasteiger partial charge in [-0.15, -0.1) is 0 Å². The van der Waals surface area contributed by atoms with Crippen LogP contribution >= 0.6 is 27.5 Å². The highest BCUT2D eigenvalue weighted by Crippen LogP contribution is 2.24. The summed E-state index contributed by atoms with van der Waals surface area (Å²) in [5, 5.41) is 0.173. The van der Waals surface area contributed by atoms with Crippen molar-refractivity contribution in [2.75, 3.05) is 32.1 Å². The normalized spacial score (nSPS) is 10.3. The van der Waals surface area contributed by atoms with E-state index in [1.807, 2.05) is 11.8 Å². The zero-order chi connectivity index (χ0) is 13.7. The minimum absolute atomic E-state index is 0.0186. The van der Waals surface area contributed by atoms with Crippen LogP contribution in [0.1, 0.15) is 13.3 Å². The largest absolute Gasteiger partial charge is 0.347 e. The van der Waals surface area contributed by atoms with Gasteiger partial charge in [-0.3, -0.25) is 4.79 Å². The van der Waals surface area contributed by atoms with Gasteiger partial charge in [0.15, 0.2) is 0 Å². The minimum Gasteiger partial charge on any atom is -0.347 e. The van der Waals surface area contributed by atoms with Gasteiger partial charge < -0.3 is 9.80 Å². The summed E-state index contributed by atoms with van der Waals surface area (Å²) >= 11 is 9.17. The molecule has 0 bridgehead atoms. The lowest BCUT2D eigenvalue weighted by Gasteiger charge is -2.25. The van der Waals surface area contributed by atoms with E-state index in [0.29, 0.717) is 5.82 Å². The van der Waals surface area contributed by atoms with Crippen LogP contribution in [0.4, 0.5) is 5.82 Å². The second-order valence-electron chi connectivity index (χ2n) is 4.02. The van der Waals surface area contributed by atoms with Crippen molar-refractivity contribution in [2.45, 2.75) is 13.3 Å². The average Bonchev–Trinajstić information content (AvgIpc) is 2.31. The number of nitrogens with zero attached hydrogens (tertiary/aromatic N) is 4. The molecule has 0 fully saturated rings. The molecule has 0 aliphatic rings. The second kappa shape index (κ2) is 6.89. The fourth-order valence-corrected chi connectivity index (χ4v) is 1.96. The van der Waals surface area contributed by atoms with E-state index < -0.39 is 0 Å². The van der Waals surface area contributed by atoms with E-state index in [4.69, 9.17) is 11.6 Å². The van der Waals surface area contributed by atoms with E-state index in [-0.39, 0.29) is 17.7 Å². The van der Waals surface area contributed by atoms with E-state index in [0.717, 1.165) is 17.4 Å². The molecule has 1 amide bonds. The summed E-state index contributed by atoms with van der Waals surface area (Å²) in [7, 11) is 3.46. The number of hydrogen-bond acceptors (Lipinski definition) is 4. The summed E-state index contributed by atoms with van der Waals surface area (Å²) in [6.07, 6.45) is 2.50. The van der Waals surface area contributed by atoms with Crippen molar-refractivity contribution >= 4 is 39.3 Å². The summed E-state index contributed by atoms with van der Waals surface area (Å²) in [6, 6.07) is 0. The maximum absolute atomic E-state index is 11.8. The molecule has 1 aromatic heterocycles. The van der Waals surface area contributed by atoms with Gasteiger partial charge in [-0.1, -0.05) is 6.92 Å². The van der Waals surface area contributed by atoms with Crippen molar-refractivity contribution in [1.29, 1.82) is 0 Å². The fraction of sp³-hybridized carbons (Fsp3) is 0.545. The Bertz CT molecular complexity index is 428. The van der Waals surface area contributed by atoms with Crippen LogP contribution in [0.5, 0.6) is 0 Å². The molecule has 0 N–H and O–H groups in total. The third-order valence-electron chi connectivity index (χ3n) is 2.31. The lowest BCUT2D eigenvalue weighted by Crippen LogP contribution is -2.37. The molecule has 0 saturated heterocycles. The van der Waals surface area contributed by atoms with Gasteiger partial charge in [0.05, 0.1) is 11.0 Å². The first-order chi connectivity index (χ1) is 8.45. The van der Waals surface area contributed by atoms with Crippen molar-refractivity contribution in [3.05, 3.63) is 16.0 Å². The highest BCUT2D eigenvalue weighted by molar-refractivity contribution is 9.10. The van der Waals surface area contributed by atoms with E-state index in [2.05, 4.69) is 25.9 Å². The molecule has 0 atom stereocenters. The van der Waals surface area contributed by atoms with Crippen LogP contribution in [0.25, 0.3) is 0 Å². The van der Waals surface area contributed by atoms with Crippen molar-refractivity contribution in [2.24, 2.45) is 0 Å². The molecular weight excluding hydrogens is 320 g/mol. The Hall–Kier alpha value is -0.880. The van der Waals surface area contributed by atoms with E-state index in [9.17, 15) is 4.79 Å². The molecule has 5 nitrogen and oxygen atoms in total. The van der Waals surface area contributed by atoms with Gasteiger partial charge >= 0.3 is 0 Å². The van der Waals surface area contributed by atoms with Gasteiger partial charge in [0.2, 0.25) is 11.2 Å². The first-order valence-corrected chi connectivity index (χ1v) is 6.76. The number of carbonyl (C=O) groups excluding carboxylic acids is 1. The lowest BCUT2D eigenvalue weighted by molar-refractivity contribution is -0.127. The summed E-state index contributed by atoms with van der Waals surface area (Å²) in [6.45, 7) is 3.04. The van der Waals surface area contributed by atoms with E-state index in [1.165, 1.54) is 0 Å². The maximum Gasteiger partial charge on any atom is 0.241 e. The molecule has 0 spiro atoms. The fourth-order valence-electron chi connectivity index (χ4n) is 1.39. The SMILES string of the molecule is CCCN(CC(=O)N(C)C)c1nc(Cl)ncc1Br. The van der Waals surface area contributed by atoms with Gasteiger partial charge in [-0.2, -0.15) is 4.98 Å². The average molecular weight is 336 g/mol. The second-order valence-corrected chi connectivity index (χ2v) is 5.21. The van der Waals surface area contributed by atoms with Crippen LogP contribution in [0.3, 0.4) is 0 Å². The predicted molar refractivity (Wildman–Crippen MR) is 75.9 cm³/mol. The van der Waals surface area contributed by atoms with Crippen molar-refractivity contribution in [3.8, 4) is 0 Å². The Labute approximate surface area is 120 Å². The number of aromatic nitrogens is 2. The molecule has 0 unspecified atom stereocenters. The van der Waals surface area contributed by atoms with Crippen LogP contribution in [-0.4, -0.2) is 48.0 Å². The highest BCUT2D eigenvalue weighted by atomic mass is 79.9. The Kier molecular flexibility index (Phi) is 5.81. The number of carbonyl (C=O) groups is 1. The molecular formula is C11H16BrClN4O. The number of anilines is 1. The van der Waals surface area contributed by atoms with Crippen molar-refractivity contribution in [3.63, 3.8) is 0 Å². The molecule has 0 radical (unpaired) electrons. The molecule has 0 aliphatic carbocycles. The standard InChI is InChI=1S/C11H16BrClN4O/c1-4-5-17(7-9(18)16(2)3)10-8(12)6-14-11(13)15-10/h6H,4-5,7H2,1-3H3.